The number of ether oxygens (including phenoxy) is 2. The van der Waals surface area contributed by atoms with Crippen LogP contribution < -0.4 is 15.0 Å². The third-order valence-electron chi connectivity index (χ3n) is 5.28. The smallest absolute Gasteiger partial charge is 0.278 e. The van der Waals surface area contributed by atoms with E-state index in [-0.39, 0.29) is 5.69 Å². The number of anilines is 2. The van der Waals surface area contributed by atoms with Crippen molar-refractivity contribution >= 4 is 28.7 Å². The van der Waals surface area contributed by atoms with Crippen molar-refractivity contribution in [2.45, 2.75) is 0 Å². The van der Waals surface area contributed by atoms with E-state index in [0.29, 0.717) is 35.9 Å². The van der Waals surface area contributed by atoms with Crippen molar-refractivity contribution < 1.29 is 14.3 Å². The number of hydrogen-bond acceptors (Lipinski definition) is 8. The number of H-pyrrole nitrogens is 1. The molecule has 0 spiro atoms. The van der Waals surface area contributed by atoms with Crippen LogP contribution in [-0.2, 0) is 11.8 Å². The maximum atomic E-state index is 12.7. The fraction of sp³-hybridized carbons (Fsp3) is 0.286. The number of fused-ring (bicyclic) bond motifs is 1. The first-order valence-corrected chi connectivity index (χ1v) is 10.1. The second kappa shape index (κ2) is 8.27. The van der Waals surface area contributed by atoms with Crippen molar-refractivity contribution in [2.75, 3.05) is 43.6 Å². The molecular formula is C21H22N8O3. The molecule has 32 heavy (non-hydrogen) atoms. The maximum Gasteiger partial charge on any atom is 0.278 e. The maximum absolute atomic E-state index is 12.7. The van der Waals surface area contributed by atoms with Gasteiger partial charge in [0.1, 0.15) is 28.3 Å². The van der Waals surface area contributed by atoms with Crippen molar-refractivity contribution in [3.05, 3.63) is 42.6 Å². The minimum Gasteiger partial charge on any atom is -0.494 e. The number of aromatic amines is 1. The van der Waals surface area contributed by atoms with E-state index in [1.54, 1.807) is 24.2 Å². The van der Waals surface area contributed by atoms with Crippen LogP contribution in [0.1, 0.15) is 10.5 Å². The number of aromatic nitrogens is 6. The lowest BCUT2D eigenvalue weighted by molar-refractivity contribution is 0.102. The van der Waals surface area contributed by atoms with Crippen LogP contribution in [0.2, 0.25) is 0 Å². The van der Waals surface area contributed by atoms with E-state index >= 15 is 0 Å². The van der Waals surface area contributed by atoms with Gasteiger partial charge < -0.3 is 19.4 Å². The number of morpholine rings is 1. The van der Waals surface area contributed by atoms with E-state index in [4.69, 9.17) is 9.47 Å². The summed E-state index contributed by atoms with van der Waals surface area (Å²) in [5, 5.41) is 6.99. The van der Waals surface area contributed by atoms with Gasteiger partial charge in [-0.25, -0.2) is 15.0 Å². The molecule has 1 aliphatic heterocycles. The number of imidazole rings is 1. The quantitative estimate of drug-likeness (QED) is 0.488. The lowest BCUT2D eigenvalue weighted by atomic mass is 10.1. The Labute approximate surface area is 183 Å². The average Bonchev–Trinajstić information content (AvgIpc) is 3.45. The van der Waals surface area contributed by atoms with Crippen molar-refractivity contribution in [2.24, 2.45) is 7.05 Å². The molecule has 1 aliphatic rings. The minimum absolute atomic E-state index is 0.196. The Kier molecular flexibility index (Phi) is 5.15. The first kappa shape index (κ1) is 19.9. The van der Waals surface area contributed by atoms with E-state index in [1.807, 2.05) is 25.4 Å². The van der Waals surface area contributed by atoms with Gasteiger partial charge in [-0.1, -0.05) is 0 Å². The Morgan fingerprint density at radius 2 is 2.03 bits per heavy atom. The number of carbonyl (C=O) groups excluding carboxylic acids is 1. The highest BCUT2D eigenvalue weighted by Gasteiger charge is 2.18. The first-order chi connectivity index (χ1) is 15.6. The highest BCUT2D eigenvalue weighted by Crippen LogP contribution is 2.33. The molecule has 1 amide bonds. The van der Waals surface area contributed by atoms with Crippen LogP contribution in [0.5, 0.6) is 5.75 Å². The van der Waals surface area contributed by atoms with Gasteiger partial charge in [-0.3, -0.25) is 14.8 Å². The predicted octanol–water partition coefficient (Wildman–Crippen LogP) is 1.85. The van der Waals surface area contributed by atoms with Crippen LogP contribution in [0.15, 0.2) is 36.9 Å². The zero-order chi connectivity index (χ0) is 22.1. The average molecular weight is 434 g/mol. The largest absolute Gasteiger partial charge is 0.494 e. The lowest BCUT2D eigenvalue weighted by Crippen LogP contribution is -2.36. The molecule has 1 aromatic carbocycles. The van der Waals surface area contributed by atoms with Crippen LogP contribution in [0, 0.1) is 0 Å². The number of nitrogens with one attached hydrogen (secondary N) is 2. The molecule has 2 N–H and O–H groups in total. The molecule has 11 heteroatoms. The third kappa shape index (κ3) is 3.73. The van der Waals surface area contributed by atoms with Gasteiger partial charge in [0, 0.05) is 37.5 Å². The van der Waals surface area contributed by atoms with Crippen molar-refractivity contribution in [3.63, 3.8) is 0 Å². The van der Waals surface area contributed by atoms with E-state index in [9.17, 15) is 4.79 Å². The van der Waals surface area contributed by atoms with Gasteiger partial charge >= 0.3 is 0 Å². The van der Waals surface area contributed by atoms with Crippen molar-refractivity contribution in [1.82, 2.24) is 29.7 Å². The molecule has 3 aromatic heterocycles. The second-order valence-corrected chi connectivity index (χ2v) is 7.34. The highest BCUT2D eigenvalue weighted by molar-refractivity contribution is 6.03. The monoisotopic (exact) mass is 434 g/mol. The summed E-state index contributed by atoms with van der Waals surface area (Å²) in [7, 11) is 3.44. The summed E-state index contributed by atoms with van der Waals surface area (Å²) in [6.07, 6.45) is 6.73. The van der Waals surface area contributed by atoms with E-state index < -0.39 is 5.91 Å². The zero-order valence-corrected chi connectivity index (χ0v) is 17.7. The normalized spacial score (nSPS) is 14.0. The van der Waals surface area contributed by atoms with Gasteiger partial charge in [0.25, 0.3) is 5.91 Å². The van der Waals surface area contributed by atoms with Crippen LogP contribution in [0.4, 0.5) is 11.8 Å². The van der Waals surface area contributed by atoms with E-state index in [1.165, 1.54) is 6.20 Å². The Bertz CT molecular complexity index is 1260. The number of carbonyl (C=O) groups is 1. The molecule has 0 radical (unpaired) electrons. The summed E-state index contributed by atoms with van der Waals surface area (Å²) in [6, 6.07) is 3.77. The van der Waals surface area contributed by atoms with Crippen LogP contribution in [0.25, 0.3) is 22.2 Å². The number of nitrogens with zero attached hydrogens (tertiary/aromatic N) is 6. The van der Waals surface area contributed by atoms with Gasteiger partial charge in [-0.15, -0.1) is 0 Å². The molecule has 0 atom stereocenters. The van der Waals surface area contributed by atoms with Gasteiger partial charge in [-0.2, -0.15) is 5.10 Å². The molecular weight excluding hydrogens is 412 g/mol. The zero-order valence-electron chi connectivity index (χ0n) is 17.7. The Morgan fingerprint density at radius 3 is 2.72 bits per heavy atom. The molecule has 4 heterocycles. The third-order valence-corrected chi connectivity index (χ3v) is 5.28. The van der Waals surface area contributed by atoms with Gasteiger partial charge in [0.05, 0.1) is 38.9 Å². The summed E-state index contributed by atoms with van der Waals surface area (Å²) in [5.41, 5.74) is 3.33. The van der Waals surface area contributed by atoms with E-state index in [0.717, 1.165) is 30.0 Å². The van der Waals surface area contributed by atoms with Crippen LogP contribution in [-0.4, -0.2) is 69.0 Å². The Morgan fingerprint density at radius 1 is 1.19 bits per heavy atom. The topological polar surface area (TPSA) is 123 Å². The Hall–Kier alpha value is -3.99. The molecule has 1 fully saturated rings. The molecule has 0 bridgehead atoms. The van der Waals surface area contributed by atoms with Crippen molar-refractivity contribution in [1.29, 1.82) is 0 Å². The van der Waals surface area contributed by atoms with Gasteiger partial charge in [-0.05, 0) is 12.1 Å². The Balaban J connectivity index is 1.40. The fourth-order valence-corrected chi connectivity index (χ4v) is 3.66. The fourth-order valence-electron chi connectivity index (χ4n) is 3.66. The molecule has 5 rings (SSSR count). The summed E-state index contributed by atoms with van der Waals surface area (Å²) < 4.78 is 12.5. The molecule has 0 saturated carbocycles. The van der Waals surface area contributed by atoms with Crippen molar-refractivity contribution in [3.8, 4) is 16.9 Å². The molecule has 0 aliphatic carbocycles. The summed E-state index contributed by atoms with van der Waals surface area (Å²) in [5.74, 6) is 1.22. The summed E-state index contributed by atoms with van der Waals surface area (Å²) in [6.45, 7) is 2.81. The number of hydrogen-bond donors (Lipinski definition) is 2. The SMILES string of the molecule is COc1ccc(-c2cnn(C)c2)c2nc(NC(=O)c3cnc(N4CCOCC4)cn3)[nH]c12. The van der Waals surface area contributed by atoms with Gasteiger partial charge in [0.2, 0.25) is 5.95 Å². The van der Waals surface area contributed by atoms with Gasteiger partial charge in [0.15, 0.2) is 0 Å². The summed E-state index contributed by atoms with van der Waals surface area (Å²) in [4.78, 5) is 31.2. The summed E-state index contributed by atoms with van der Waals surface area (Å²) >= 11 is 0. The number of methoxy groups -OCH3 is 1. The van der Waals surface area contributed by atoms with Crippen LogP contribution >= 0.6 is 0 Å². The first-order valence-electron chi connectivity index (χ1n) is 10.1. The minimum atomic E-state index is -0.410. The molecule has 164 valence electrons. The number of benzene rings is 1. The lowest BCUT2D eigenvalue weighted by Gasteiger charge is -2.27. The standard InChI is InChI=1S/C21H22N8O3/c1-28-12-13(9-24-28)14-3-4-16(31-2)19-18(14)25-21(26-19)27-20(30)15-10-23-17(11-22-15)29-5-7-32-8-6-29/h3-4,9-12H,5-8H2,1-2H3,(H2,25,26,27,30). The molecule has 4 aromatic rings. The number of rotatable bonds is 5. The molecule has 11 nitrogen and oxygen atoms in total. The second-order valence-electron chi connectivity index (χ2n) is 7.34. The number of aryl methyl sites for hydroxylation is 1. The molecule has 0 unspecified atom stereocenters. The van der Waals surface area contributed by atoms with E-state index in [2.05, 4.69) is 35.3 Å². The van der Waals surface area contributed by atoms with Crippen LogP contribution in [0.3, 0.4) is 0 Å². The molecule has 1 saturated heterocycles. The predicted molar refractivity (Wildman–Crippen MR) is 118 cm³/mol. The highest BCUT2D eigenvalue weighted by atomic mass is 16.5. The number of amides is 1.